The molecule has 0 aliphatic carbocycles. The van der Waals surface area contributed by atoms with Crippen LogP contribution in [0.5, 0.6) is 0 Å². The van der Waals surface area contributed by atoms with Crippen molar-refractivity contribution < 1.29 is 14.4 Å². The van der Waals surface area contributed by atoms with Crippen molar-refractivity contribution in [2.24, 2.45) is 5.73 Å². The van der Waals surface area contributed by atoms with Gasteiger partial charge in [0.2, 0.25) is 17.8 Å². The number of imide groups is 1. The van der Waals surface area contributed by atoms with Gasteiger partial charge in [-0.2, -0.15) is 10.1 Å². The van der Waals surface area contributed by atoms with E-state index in [9.17, 15) is 14.4 Å². The molecule has 2 aromatic rings. The number of fused-ring (bicyclic) bond motifs is 2. The van der Waals surface area contributed by atoms with Gasteiger partial charge in [0.15, 0.2) is 5.82 Å². The number of benzene rings is 1. The molecule has 0 saturated carbocycles. The molecule has 3 amide bonds. The van der Waals surface area contributed by atoms with Crippen LogP contribution < -0.4 is 16.0 Å². The summed E-state index contributed by atoms with van der Waals surface area (Å²) in [5, 5.41) is 6.75. The Morgan fingerprint density at radius 3 is 2.87 bits per heavy atom. The third-order valence-corrected chi connectivity index (χ3v) is 5.93. The lowest BCUT2D eigenvalue weighted by atomic mass is 10.0. The molecule has 5 rings (SSSR count). The SMILES string of the molecule is NCc1nc2n(n1)CCCN2Cc1ccc2c(c1)C(=O)N(C1CCC(=O)NC1=O)C2. The fourth-order valence-electron chi connectivity index (χ4n) is 4.43. The number of aromatic nitrogens is 3. The van der Waals surface area contributed by atoms with Gasteiger partial charge >= 0.3 is 0 Å². The third kappa shape index (κ3) is 3.13. The average Bonchev–Trinajstić information content (AvgIpc) is 3.30. The summed E-state index contributed by atoms with van der Waals surface area (Å²) in [6.07, 6.45) is 1.58. The fraction of sp³-hybridized carbons (Fsp3) is 0.450. The van der Waals surface area contributed by atoms with Crippen molar-refractivity contribution in [2.45, 2.75) is 51.5 Å². The number of nitrogens with one attached hydrogen (secondary N) is 1. The van der Waals surface area contributed by atoms with Crippen molar-refractivity contribution in [2.75, 3.05) is 11.4 Å². The third-order valence-electron chi connectivity index (χ3n) is 5.93. The number of piperidine rings is 1. The van der Waals surface area contributed by atoms with E-state index in [0.717, 1.165) is 36.6 Å². The topological polar surface area (TPSA) is 126 Å². The lowest BCUT2D eigenvalue weighted by Gasteiger charge is -2.29. The number of amides is 3. The molecule has 1 unspecified atom stereocenters. The lowest BCUT2D eigenvalue weighted by molar-refractivity contribution is -0.136. The Morgan fingerprint density at radius 1 is 1.20 bits per heavy atom. The molecule has 4 heterocycles. The minimum Gasteiger partial charge on any atom is -0.337 e. The number of hydrogen-bond acceptors (Lipinski definition) is 7. The summed E-state index contributed by atoms with van der Waals surface area (Å²) in [4.78, 5) is 44.9. The van der Waals surface area contributed by atoms with Crippen molar-refractivity contribution in [1.29, 1.82) is 0 Å². The highest BCUT2D eigenvalue weighted by Gasteiger charge is 2.39. The first-order valence-corrected chi connectivity index (χ1v) is 10.2. The summed E-state index contributed by atoms with van der Waals surface area (Å²) in [5.41, 5.74) is 8.21. The van der Waals surface area contributed by atoms with Crippen molar-refractivity contribution in [3.8, 4) is 0 Å². The molecule has 0 bridgehead atoms. The Balaban J connectivity index is 1.35. The summed E-state index contributed by atoms with van der Waals surface area (Å²) in [6, 6.07) is 5.28. The van der Waals surface area contributed by atoms with Crippen LogP contribution in [0.1, 0.15) is 46.6 Å². The highest BCUT2D eigenvalue weighted by atomic mass is 16.2. The molecular weight excluding hydrogens is 386 g/mol. The van der Waals surface area contributed by atoms with Gasteiger partial charge in [0.25, 0.3) is 5.91 Å². The van der Waals surface area contributed by atoms with Gasteiger partial charge in [-0.3, -0.25) is 19.7 Å². The zero-order valence-electron chi connectivity index (χ0n) is 16.5. The smallest absolute Gasteiger partial charge is 0.255 e. The highest BCUT2D eigenvalue weighted by molar-refractivity contribution is 6.05. The van der Waals surface area contributed by atoms with Crippen LogP contribution in [0.25, 0.3) is 0 Å². The predicted octanol–water partition coefficient (Wildman–Crippen LogP) is -0.0919. The van der Waals surface area contributed by atoms with E-state index < -0.39 is 11.9 Å². The summed E-state index contributed by atoms with van der Waals surface area (Å²) >= 11 is 0. The quantitative estimate of drug-likeness (QED) is 0.676. The molecule has 10 nitrogen and oxygen atoms in total. The summed E-state index contributed by atoms with van der Waals surface area (Å²) in [6.45, 7) is 2.98. The normalized spacial score (nSPS) is 21.0. The molecule has 1 fully saturated rings. The Kier molecular flexibility index (Phi) is 4.50. The molecule has 1 aromatic heterocycles. The van der Waals surface area contributed by atoms with E-state index in [4.69, 9.17) is 5.73 Å². The highest BCUT2D eigenvalue weighted by Crippen LogP contribution is 2.29. The number of carbonyl (C=O) groups excluding carboxylic acids is 3. The zero-order chi connectivity index (χ0) is 20.8. The van der Waals surface area contributed by atoms with Crippen molar-refractivity contribution >= 4 is 23.7 Å². The first kappa shape index (κ1) is 18.7. The molecule has 3 aliphatic heterocycles. The first-order chi connectivity index (χ1) is 14.5. The van der Waals surface area contributed by atoms with Crippen LogP contribution in [0.3, 0.4) is 0 Å². The standard InChI is InChI=1S/C20H23N7O3/c21-9-16-22-20-25(6-1-7-27(20)24-16)10-12-2-3-13-11-26(19(30)14(13)8-12)15-4-5-17(28)23-18(15)29/h2-3,8,15H,1,4-7,9-11,21H2,(H,23,28,29). The molecular formula is C20H23N7O3. The number of hydrogen-bond donors (Lipinski definition) is 2. The first-order valence-electron chi connectivity index (χ1n) is 10.2. The Hall–Kier alpha value is -3.27. The van der Waals surface area contributed by atoms with E-state index in [1.807, 2.05) is 22.9 Å². The van der Waals surface area contributed by atoms with Crippen LogP contribution in [0.15, 0.2) is 18.2 Å². The minimum atomic E-state index is -0.596. The van der Waals surface area contributed by atoms with Crippen LogP contribution in [0.2, 0.25) is 0 Å². The molecule has 3 N–H and O–H groups in total. The molecule has 10 heteroatoms. The Bertz CT molecular complexity index is 1050. The van der Waals surface area contributed by atoms with E-state index in [0.29, 0.717) is 37.4 Å². The molecule has 0 spiro atoms. The van der Waals surface area contributed by atoms with Gasteiger partial charge in [-0.15, -0.1) is 0 Å². The van der Waals surface area contributed by atoms with Crippen LogP contribution >= 0.6 is 0 Å². The van der Waals surface area contributed by atoms with Crippen molar-refractivity contribution in [1.82, 2.24) is 25.0 Å². The maximum absolute atomic E-state index is 13.0. The molecule has 30 heavy (non-hydrogen) atoms. The van der Waals surface area contributed by atoms with Crippen LogP contribution in [0.4, 0.5) is 5.95 Å². The molecule has 3 aliphatic rings. The second-order valence-electron chi connectivity index (χ2n) is 7.92. The number of rotatable bonds is 4. The van der Waals surface area contributed by atoms with Crippen LogP contribution in [-0.4, -0.2) is 50.0 Å². The minimum absolute atomic E-state index is 0.159. The summed E-state index contributed by atoms with van der Waals surface area (Å²) < 4.78 is 1.88. The summed E-state index contributed by atoms with van der Waals surface area (Å²) in [5.74, 6) is 0.596. The maximum atomic E-state index is 13.0. The largest absolute Gasteiger partial charge is 0.337 e. The zero-order valence-corrected chi connectivity index (χ0v) is 16.5. The van der Waals surface area contributed by atoms with Gasteiger partial charge in [-0.05, 0) is 30.0 Å². The number of nitrogens with zero attached hydrogens (tertiary/aromatic N) is 5. The fourth-order valence-corrected chi connectivity index (χ4v) is 4.43. The van der Waals surface area contributed by atoms with Gasteiger partial charge in [-0.1, -0.05) is 12.1 Å². The van der Waals surface area contributed by atoms with E-state index in [2.05, 4.69) is 20.3 Å². The van der Waals surface area contributed by atoms with E-state index in [-0.39, 0.29) is 18.2 Å². The van der Waals surface area contributed by atoms with Gasteiger partial charge in [-0.25, -0.2) is 4.68 Å². The second kappa shape index (κ2) is 7.21. The second-order valence-corrected chi connectivity index (χ2v) is 7.92. The molecule has 0 radical (unpaired) electrons. The molecule has 1 saturated heterocycles. The van der Waals surface area contributed by atoms with Gasteiger partial charge in [0, 0.05) is 38.2 Å². The Morgan fingerprint density at radius 2 is 2.07 bits per heavy atom. The molecule has 1 atom stereocenters. The average molecular weight is 409 g/mol. The predicted molar refractivity (Wildman–Crippen MR) is 106 cm³/mol. The Labute approximate surface area is 173 Å². The van der Waals surface area contributed by atoms with Crippen molar-refractivity contribution in [3.63, 3.8) is 0 Å². The molecule has 156 valence electrons. The summed E-state index contributed by atoms with van der Waals surface area (Å²) in [7, 11) is 0. The number of nitrogens with two attached hydrogens (primary N) is 1. The number of anilines is 1. The van der Waals surface area contributed by atoms with Gasteiger partial charge in [0.1, 0.15) is 6.04 Å². The van der Waals surface area contributed by atoms with E-state index >= 15 is 0 Å². The van der Waals surface area contributed by atoms with Gasteiger partial charge < -0.3 is 15.5 Å². The number of carbonyl (C=O) groups is 3. The van der Waals surface area contributed by atoms with Crippen LogP contribution in [-0.2, 0) is 35.8 Å². The lowest BCUT2D eigenvalue weighted by Crippen LogP contribution is -2.52. The number of aryl methyl sites for hydroxylation is 1. The van der Waals surface area contributed by atoms with Crippen molar-refractivity contribution in [3.05, 3.63) is 40.7 Å². The van der Waals surface area contributed by atoms with Gasteiger partial charge in [0.05, 0.1) is 6.54 Å². The van der Waals surface area contributed by atoms with E-state index in [1.54, 1.807) is 4.90 Å². The monoisotopic (exact) mass is 409 g/mol. The van der Waals surface area contributed by atoms with E-state index in [1.165, 1.54) is 0 Å². The van der Waals surface area contributed by atoms with Crippen LogP contribution in [0, 0.1) is 0 Å². The maximum Gasteiger partial charge on any atom is 0.255 e. The molecule has 1 aromatic carbocycles.